The number of imide groups is 1. The Morgan fingerprint density at radius 1 is 1.39 bits per heavy atom. The molecule has 0 aliphatic rings. The van der Waals surface area contributed by atoms with Gasteiger partial charge in [-0.2, -0.15) is 0 Å². The second-order valence-electron chi connectivity index (χ2n) is 4.60. The molecule has 0 unspecified atom stereocenters. The first-order chi connectivity index (χ1) is 11.0. The minimum atomic E-state index is -0.566. The number of anilines is 1. The number of hydrogen-bond donors (Lipinski definition) is 3. The van der Waals surface area contributed by atoms with Crippen LogP contribution in [0.25, 0.3) is 6.08 Å². The molecule has 2 aromatic heterocycles. The number of hydrogen-bond acceptors (Lipinski definition) is 6. The predicted octanol–water partition coefficient (Wildman–Crippen LogP) is 1.52. The number of rotatable bonds is 6. The lowest BCUT2D eigenvalue weighted by atomic mass is 10.2. The minimum Gasteiger partial charge on any atom is -0.465 e. The Morgan fingerprint density at radius 2 is 2.17 bits per heavy atom. The largest absolute Gasteiger partial charge is 0.465 e. The van der Waals surface area contributed by atoms with E-state index in [9.17, 15) is 14.4 Å². The zero-order valence-electron chi connectivity index (χ0n) is 12.3. The zero-order valence-corrected chi connectivity index (χ0v) is 13.1. The van der Waals surface area contributed by atoms with E-state index in [4.69, 9.17) is 10.2 Å². The van der Waals surface area contributed by atoms with Gasteiger partial charge in [0, 0.05) is 6.08 Å². The van der Waals surface area contributed by atoms with Crippen molar-refractivity contribution in [2.75, 3.05) is 11.9 Å². The SMILES string of the molecule is Cc1csc(NCC(=O)NC(=O)C=Cc2ccco2)c1C(N)=O. The van der Waals surface area contributed by atoms with Gasteiger partial charge in [-0.15, -0.1) is 11.3 Å². The van der Waals surface area contributed by atoms with Gasteiger partial charge in [-0.3, -0.25) is 19.7 Å². The molecule has 0 radical (unpaired) electrons. The van der Waals surface area contributed by atoms with Crippen molar-refractivity contribution in [3.63, 3.8) is 0 Å². The Morgan fingerprint density at radius 3 is 2.83 bits per heavy atom. The summed E-state index contributed by atoms with van der Waals surface area (Å²) >= 11 is 1.27. The maximum absolute atomic E-state index is 11.7. The van der Waals surface area contributed by atoms with Crippen LogP contribution in [-0.2, 0) is 9.59 Å². The van der Waals surface area contributed by atoms with Gasteiger partial charge in [0.25, 0.3) is 11.8 Å². The summed E-state index contributed by atoms with van der Waals surface area (Å²) in [5.41, 5.74) is 6.38. The number of primary amides is 1. The van der Waals surface area contributed by atoms with Crippen LogP contribution in [0, 0.1) is 6.92 Å². The lowest BCUT2D eigenvalue weighted by Crippen LogP contribution is -2.34. The highest BCUT2D eigenvalue weighted by atomic mass is 32.1. The first-order valence-electron chi connectivity index (χ1n) is 6.64. The molecule has 8 heteroatoms. The summed E-state index contributed by atoms with van der Waals surface area (Å²) in [5.74, 6) is -1.15. The van der Waals surface area contributed by atoms with Crippen molar-refractivity contribution in [2.45, 2.75) is 6.92 Å². The molecule has 120 valence electrons. The van der Waals surface area contributed by atoms with Crippen LogP contribution in [0.15, 0.2) is 34.3 Å². The molecule has 3 amide bonds. The quantitative estimate of drug-likeness (QED) is 0.693. The monoisotopic (exact) mass is 333 g/mol. The Kier molecular flexibility index (Phi) is 5.32. The second kappa shape index (κ2) is 7.41. The van der Waals surface area contributed by atoms with Crippen LogP contribution in [0.5, 0.6) is 0 Å². The number of thiophene rings is 1. The summed E-state index contributed by atoms with van der Waals surface area (Å²) in [6, 6.07) is 3.36. The summed E-state index contributed by atoms with van der Waals surface area (Å²) in [5, 5.41) is 7.25. The lowest BCUT2D eigenvalue weighted by molar-refractivity contribution is -0.126. The van der Waals surface area contributed by atoms with Crippen LogP contribution >= 0.6 is 11.3 Å². The van der Waals surface area contributed by atoms with Crippen molar-refractivity contribution in [2.24, 2.45) is 5.73 Å². The first-order valence-corrected chi connectivity index (χ1v) is 7.52. The summed E-state index contributed by atoms with van der Waals surface area (Å²) < 4.78 is 5.03. The standard InChI is InChI=1S/C15H15N3O4S/c1-9-8-23-15(13(9)14(16)21)17-7-12(20)18-11(19)5-4-10-3-2-6-22-10/h2-6,8,17H,7H2,1H3,(H2,16,21)(H,18,19,20). The third-order valence-corrected chi connectivity index (χ3v) is 3.89. The molecule has 2 rings (SSSR count). The van der Waals surface area contributed by atoms with Gasteiger partial charge in [-0.1, -0.05) is 0 Å². The first kappa shape index (κ1) is 16.5. The molecular formula is C15H15N3O4S. The van der Waals surface area contributed by atoms with Crippen molar-refractivity contribution in [1.29, 1.82) is 0 Å². The van der Waals surface area contributed by atoms with Crippen LogP contribution in [0.3, 0.4) is 0 Å². The van der Waals surface area contributed by atoms with Crippen LogP contribution in [0.4, 0.5) is 5.00 Å². The fourth-order valence-corrected chi connectivity index (χ4v) is 2.76. The molecule has 0 aliphatic heterocycles. The number of furan rings is 1. The summed E-state index contributed by atoms with van der Waals surface area (Å²) in [4.78, 5) is 34.6. The Hall–Kier alpha value is -2.87. The molecule has 4 N–H and O–H groups in total. The average Bonchev–Trinajstić information content (AvgIpc) is 3.12. The van der Waals surface area contributed by atoms with Crippen molar-refractivity contribution in [3.8, 4) is 0 Å². The normalized spacial score (nSPS) is 10.7. The molecule has 0 aliphatic carbocycles. The van der Waals surface area contributed by atoms with Gasteiger partial charge >= 0.3 is 0 Å². The third kappa shape index (κ3) is 4.55. The average molecular weight is 333 g/mol. The van der Waals surface area contributed by atoms with Gasteiger partial charge in [-0.05, 0) is 36.1 Å². The van der Waals surface area contributed by atoms with E-state index >= 15 is 0 Å². The van der Waals surface area contributed by atoms with Gasteiger partial charge in [-0.25, -0.2) is 0 Å². The topological polar surface area (TPSA) is 114 Å². The highest BCUT2D eigenvalue weighted by Gasteiger charge is 2.15. The van der Waals surface area contributed by atoms with Crippen LogP contribution in [-0.4, -0.2) is 24.3 Å². The molecular weight excluding hydrogens is 318 g/mol. The zero-order chi connectivity index (χ0) is 16.8. The third-order valence-electron chi connectivity index (χ3n) is 2.84. The Balaban J connectivity index is 1.86. The van der Waals surface area contributed by atoms with E-state index in [2.05, 4.69) is 10.6 Å². The van der Waals surface area contributed by atoms with Crippen LogP contribution < -0.4 is 16.4 Å². The van der Waals surface area contributed by atoms with Gasteiger partial charge in [0.2, 0.25) is 5.91 Å². The Bertz CT molecular complexity index is 747. The minimum absolute atomic E-state index is 0.152. The molecule has 2 heterocycles. The Labute approximate surface area is 136 Å². The predicted molar refractivity (Wildman–Crippen MR) is 87.0 cm³/mol. The van der Waals surface area contributed by atoms with Crippen molar-refractivity contribution in [1.82, 2.24) is 5.32 Å². The van der Waals surface area contributed by atoms with Crippen molar-refractivity contribution >= 4 is 40.1 Å². The van der Waals surface area contributed by atoms with Crippen LogP contribution in [0.1, 0.15) is 21.7 Å². The van der Waals surface area contributed by atoms with Crippen LogP contribution in [0.2, 0.25) is 0 Å². The van der Waals surface area contributed by atoms with E-state index in [1.807, 2.05) is 0 Å². The molecule has 7 nitrogen and oxygen atoms in total. The number of nitrogens with two attached hydrogens (primary N) is 1. The fraction of sp³-hybridized carbons (Fsp3) is 0.133. The van der Waals surface area contributed by atoms with Crippen molar-refractivity contribution < 1.29 is 18.8 Å². The van der Waals surface area contributed by atoms with E-state index in [-0.39, 0.29) is 6.54 Å². The van der Waals surface area contributed by atoms with E-state index < -0.39 is 17.7 Å². The summed E-state index contributed by atoms with van der Waals surface area (Å²) in [7, 11) is 0. The van der Waals surface area contributed by atoms with E-state index in [1.165, 1.54) is 29.8 Å². The molecule has 2 aromatic rings. The van der Waals surface area contributed by atoms with Gasteiger partial charge in [0.1, 0.15) is 10.8 Å². The number of amides is 3. The lowest BCUT2D eigenvalue weighted by Gasteiger charge is -2.05. The number of aryl methyl sites for hydroxylation is 1. The van der Waals surface area contributed by atoms with Gasteiger partial charge < -0.3 is 15.5 Å². The molecule has 0 saturated heterocycles. The molecule has 0 atom stereocenters. The van der Waals surface area contributed by atoms with E-state index in [1.54, 1.807) is 24.4 Å². The molecule has 0 fully saturated rings. The van der Waals surface area contributed by atoms with Crippen molar-refractivity contribution in [3.05, 3.63) is 46.7 Å². The maximum atomic E-state index is 11.7. The number of carbonyl (C=O) groups is 3. The molecule has 0 bridgehead atoms. The molecule has 0 aromatic carbocycles. The summed E-state index contributed by atoms with van der Waals surface area (Å²) in [6.45, 7) is 1.60. The van der Waals surface area contributed by atoms with Gasteiger partial charge in [0.15, 0.2) is 0 Å². The molecule has 23 heavy (non-hydrogen) atoms. The smallest absolute Gasteiger partial charge is 0.251 e. The van der Waals surface area contributed by atoms with E-state index in [0.29, 0.717) is 16.3 Å². The second-order valence-corrected chi connectivity index (χ2v) is 5.48. The number of nitrogens with one attached hydrogen (secondary N) is 2. The maximum Gasteiger partial charge on any atom is 0.251 e. The highest BCUT2D eigenvalue weighted by Crippen LogP contribution is 2.26. The molecule has 0 spiro atoms. The van der Waals surface area contributed by atoms with E-state index in [0.717, 1.165) is 5.56 Å². The molecule has 0 saturated carbocycles. The van der Waals surface area contributed by atoms with Gasteiger partial charge in [0.05, 0.1) is 18.4 Å². The number of carbonyl (C=O) groups excluding carboxylic acids is 3. The fourth-order valence-electron chi connectivity index (χ4n) is 1.81. The summed E-state index contributed by atoms with van der Waals surface area (Å²) in [6.07, 6.45) is 4.12. The highest BCUT2D eigenvalue weighted by molar-refractivity contribution is 7.14.